The number of hydrogen-bond donors (Lipinski definition) is 1. The van der Waals surface area contributed by atoms with Gasteiger partial charge in [0.25, 0.3) is 5.91 Å². The molecule has 2 amide bonds. The maximum atomic E-state index is 12.9. The standard InChI is InChI=1S/C31H36N4O2/c1-24-7-5-6-10-29(24)31(37)35-17-15-26(16-18-35)30(36)32-27-11-13-28(14-12-27)34-21-19-33(20-22-34)23-25-8-3-2-4-9-25/h2-14,26H,15-23H2,1H3,(H,32,36). The lowest BCUT2D eigenvalue weighted by atomic mass is 9.95. The molecule has 192 valence electrons. The van der Waals surface area contributed by atoms with Gasteiger partial charge in [0.15, 0.2) is 0 Å². The Hall–Kier alpha value is -3.64. The maximum Gasteiger partial charge on any atom is 0.254 e. The number of anilines is 2. The van der Waals surface area contributed by atoms with Crippen molar-refractivity contribution in [3.05, 3.63) is 95.6 Å². The Bertz CT molecular complexity index is 1200. The van der Waals surface area contributed by atoms with Crippen LogP contribution in [0.2, 0.25) is 0 Å². The summed E-state index contributed by atoms with van der Waals surface area (Å²) in [6.07, 6.45) is 1.38. The molecule has 6 heteroatoms. The normalized spacial score (nSPS) is 17.0. The fourth-order valence-electron chi connectivity index (χ4n) is 5.33. The average Bonchev–Trinajstić information content (AvgIpc) is 2.94. The number of nitrogens with one attached hydrogen (secondary N) is 1. The number of piperidine rings is 1. The zero-order chi connectivity index (χ0) is 25.6. The van der Waals surface area contributed by atoms with Gasteiger partial charge in [-0.2, -0.15) is 0 Å². The average molecular weight is 497 g/mol. The molecule has 2 aliphatic heterocycles. The minimum Gasteiger partial charge on any atom is -0.369 e. The fraction of sp³-hybridized carbons (Fsp3) is 0.355. The first-order valence-corrected chi connectivity index (χ1v) is 13.3. The molecule has 37 heavy (non-hydrogen) atoms. The van der Waals surface area contributed by atoms with E-state index in [4.69, 9.17) is 0 Å². The van der Waals surface area contributed by atoms with E-state index in [1.807, 2.05) is 48.2 Å². The van der Waals surface area contributed by atoms with E-state index >= 15 is 0 Å². The monoisotopic (exact) mass is 496 g/mol. The summed E-state index contributed by atoms with van der Waals surface area (Å²) in [5, 5.41) is 3.09. The van der Waals surface area contributed by atoms with Crippen LogP contribution in [0.5, 0.6) is 0 Å². The van der Waals surface area contributed by atoms with E-state index in [1.165, 1.54) is 11.3 Å². The zero-order valence-electron chi connectivity index (χ0n) is 21.6. The molecule has 0 saturated carbocycles. The number of likely N-dealkylation sites (tertiary alicyclic amines) is 1. The van der Waals surface area contributed by atoms with Gasteiger partial charge in [0, 0.05) is 68.7 Å². The van der Waals surface area contributed by atoms with Crippen LogP contribution < -0.4 is 10.2 Å². The molecule has 0 unspecified atom stereocenters. The van der Waals surface area contributed by atoms with Gasteiger partial charge in [-0.1, -0.05) is 48.5 Å². The van der Waals surface area contributed by atoms with Gasteiger partial charge in [0.05, 0.1) is 0 Å². The molecular weight excluding hydrogens is 460 g/mol. The second-order valence-electron chi connectivity index (χ2n) is 10.2. The molecule has 0 aliphatic carbocycles. The summed E-state index contributed by atoms with van der Waals surface area (Å²) < 4.78 is 0. The number of carbonyl (C=O) groups excluding carboxylic acids is 2. The van der Waals surface area contributed by atoms with Gasteiger partial charge < -0.3 is 15.1 Å². The number of aryl methyl sites for hydroxylation is 1. The van der Waals surface area contributed by atoms with Gasteiger partial charge in [-0.05, 0) is 61.2 Å². The molecule has 5 rings (SSSR count). The topological polar surface area (TPSA) is 55.9 Å². The van der Waals surface area contributed by atoms with Crippen LogP contribution in [0.1, 0.15) is 34.3 Å². The molecule has 1 N–H and O–H groups in total. The third-order valence-corrected chi connectivity index (χ3v) is 7.65. The Labute approximate surface area is 219 Å². The molecule has 6 nitrogen and oxygen atoms in total. The second-order valence-corrected chi connectivity index (χ2v) is 10.2. The van der Waals surface area contributed by atoms with E-state index in [9.17, 15) is 9.59 Å². The van der Waals surface area contributed by atoms with Crippen molar-refractivity contribution in [2.24, 2.45) is 5.92 Å². The van der Waals surface area contributed by atoms with E-state index in [-0.39, 0.29) is 17.7 Å². The Morgan fingerprint density at radius 1 is 0.784 bits per heavy atom. The van der Waals surface area contributed by atoms with Crippen LogP contribution in [0, 0.1) is 12.8 Å². The van der Waals surface area contributed by atoms with Gasteiger partial charge in [-0.3, -0.25) is 14.5 Å². The molecule has 2 saturated heterocycles. The summed E-state index contributed by atoms with van der Waals surface area (Å²) in [6, 6.07) is 26.5. The number of carbonyl (C=O) groups is 2. The van der Waals surface area contributed by atoms with Crippen LogP contribution in [-0.4, -0.2) is 60.9 Å². The van der Waals surface area contributed by atoms with Crippen molar-refractivity contribution in [1.29, 1.82) is 0 Å². The van der Waals surface area contributed by atoms with Crippen molar-refractivity contribution in [3.63, 3.8) is 0 Å². The molecule has 0 aromatic heterocycles. The van der Waals surface area contributed by atoms with E-state index in [0.29, 0.717) is 25.9 Å². The van der Waals surface area contributed by atoms with Crippen LogP contribution in [0.4, 0.5) is 11.4 Å². The first kappa shape index (κ1) is 25.0. The van der Waals surface area contributed by atoms with E-state index < -0.39 is 0 Å². The smallest absolute Gasteiger partial charge is 0.254 e. The third kappa shape index (κ3) is 6.20. The molecule has 0 atom stereocenters. The first-order chi connectivity index (χ1) is 18.1. The van der Waals surface area contributed by atoms with Crippen LogP contribution in [0.15, 0.2) is 78.9 Å². The third-order valence-electron chi connectivity index (χ3n) is 7.65. The zero-order valence-corrected chi connectivity index (χ0v) is 21.6. The molecule has 3 aromatic rings. The first-order valence-electron chi connectivity index (χ1n) is 13.3. The number of amides is 2. The van der Waals surface area contributed by atoms with E-state index in [1.54, 1.807) is 0 Å². The Morgan fingerprint density at radius 3 is 2.11 bits per heavy atom. The second kappa shape index (κ2) is 11.6. The van der Waals surface area contributed by atoms with Crippen molar-refractivity contribution >= 4 is 23.2 Å². The fourth-order valence-corrected chi connectivity index (χ4v) is 5.33. The highest BCUT2D eigenvalue weighted by Crippen LogP contribution is 2.24. The number of piperazine rings is 1. The molecular formula is C31H36N4O2. The van der Waals surface area contributed by atoms with E-state index in [2.05, 4.69) is 57.6 Å². The Balaban J connectivity index is 1.08. The van der Waals surface area contributed by atoms with Crippen molar-refractivity contribution in [2.75, 3.05) is 49.5 Å². The minimum atomic E-state index is -0.0710. The lowest BCUT2D eigenvalue weighted by molar-refractivity contribution is -0.121. The van der Waals surface area contributed by atoms with Crippen molar-refractivity contribution in [1.82, 2.24) is 9.80 Å². The predicted octanol–water partition coefficient (Wildman–Crippen LogP) is 4.81. The summed E-state index contributed by atoms with van der Waals surface area (Å²) in [6.45, 7) is 8.26. The van der Waals surface area contributed by atoms with Crippen LogP contribution >= 0.6 is 0 Å². The van der Waals surface area contributed by atoms with Crippen LogP contribution in [0.25, 0.3) is 0 Å². The molecule has 2 heterocycles. The highest BCUT2D eigenvalue weighted by atomic mass is 16.2. The molecule has 0 radical (unpaired) electrons. The van der Waals surface area contributed by atoms with Crippen molar-refractivity contribution in [2.45, 2.75) is 26.3 Å². The molecule has 2 fully saturated rings. The largest absolute Gasteiger partial charge is 0.369 e. The predicted molar refractivity (Wildman–Crippen MR) is 149 cm³/mol. The summed E-state index contributed by atoms with van der Waals surface area (Å²) in [7, 11) is 0. The molecule has 3 aromatic carbocycles. The Kier molecular flexibility index (Phi) is 7.85. The number of nitrogens with zero attached hydrogens (tertiary/aromatic N) is 3. The Morgan fingerprint density at radius 2 is 1.43 bits per heavy atom. The summed E-state index contributed by atoms with van der Waals surface area (Å²) in [5.74, 6) is 0.0389. The highest BCUT2D eigenvalue weighted by molar-refractivity contribution is 5.96. The summed E-state index contributed by atoms with van der Waals surface area (Å²) in [5.41, 5.74) is 5.13. The number of rotatable bonds is 6. The van der Waals surface area contributed by atoms with Crippen LogP contribution in [0.3, 0.4) is 0 Å². The lowest BCUT2D eigenvalue weighted by Gasteiger charge is -2.36. The summed E-state index contributed by atoms with van der Waals surface area (Å²) >= 11 is 0. The van der Waals surface area contributed by atoms with Gasteiger partial charge in [-0.15, -0.1) is 0 Å². The van der Waals surface area contributed by atoms with Gasteiger partial charge in [-0.25, -0.2) is 0 Å². The summed E-state index contributed by atoms with van der Waals surface area (Å²) in [4.78, 5) is 32.6. The number of benzene rings is 3. The minimum absolute atomic E-state index is 0.0465. The van der Waals surface area contributed by atoms with Gasteiger partial charge >= 0.3 is 0 Å². The van der Waals surface area contributed by atoms with Crippen LogP contribution in [-0.2, 0) is 11.3 Å². The van der Waals surface area contributed by atoms with E-state index in [0.717, 1.165) is 49.5 Å². The maximum absolute atomic E-state index is 12.9. The van der Waals surface area contributed by atoms with Crippen molar-refractivity contribution < 1.29 is 9.59 Å². The SMILES string of the molecule is Cc1ccccc1C(=O)N1CCC(C(=O)Nc2ccc(N3CCN(Cc4ccccc4)CC3)cc2)CC1. The highest BCUT2D eigenvalue weighted by Gasteiger charge is 2.28. The molecule has 2 aliphatic rings. The number of hydrogen-bond acceptors (Lipinski definition) is 4. The molecule has 0 bridgehead atoms. The van der Waals surface area contributed by atoms with Gasteiger partial charge in [0.2, 0.25) is 5.91 Å². The van der Waals surface area contributed by atoms with Gasteiger partial charge in [0.1, 0.15) is 0 Å². The van der Waals surface area contributed by atoms with Crippen molar-refractivity contribution in [3.8, 4) is 0 Å². The quantitative estimate of drug-likeness (QED) is 0.532. The molecule has 0 spiro atoms. The lowest BCUT2D eigenvalue weighted by Crippen LogP contribution is -2.45.